The van der Waals surface area contributed by atoms with Gasteiger partial charge in [0.15, 0.2) is 5.84 Å². The van der Waals surface area contributed by atoms with Crippen molar-refractivity contribution in [3.63, 3.8) is 0 Å². The third-order valence-corrected chi connectivity index (χ3v) is 5.80. The number of hydrogen-bond donors (Lipinski definition) is 1. The number of carbonyl (C=O) groups excluding carboxylic acids is 1. The maximum atomic E-state index is 12.5. The number of halogens is 1. The molecule has 2 aromatic rings. The van der Waals surface area contributed by atoms with E-state index in [2.05, 4.69) is 14.7 Å². The Morgan fingerprint density at radius 1 is 1.18 bits per heavy atom. The van der Waals surface area contributed by atoms with Crippen LogP contribution in [0.3, 0.4) is 0 Å². The number of aromatic nitrogens is 1. The van der Waals surface area contributed by atoms with Gasteiger partial charge in [0.05, 0.1) is 10.6 Å². The van der Waals surface area contributed by atoms with Crippen LogP contribution in [0.2, 0.25) is 5.02 Å². The minimum Gasteiger partial charge on any atom is -0.318 e. The van der Waals surface area contributed by atoms with Gasteiger partial charge in [-0.3, -0.25) is 10.2 Å². The van der Waals surface area contributed by atoms with Crippen molar-refractivity contribution in [2.24, 2.45) is 10.1 Å². The van der Waals surface area contributed by atoms with Gasteiger partial charge in [-0.2, -0.15) is 15.1 Å². The summed E-state index contributed by atoms with van der Waals surface area (Å²) in [6, 6.07) is 7.77. The van der Waals surface area contributed by atoms with Gasteiger partial charge in [0.25, 0.3) is 5.91 Å². The molecule has 0 unspecified atom stereocenters. The van der Waals surface area contributed by atoms with E-state index in [-0.39, 0.29) is 11.4 Å². The van der Waals surface area contributed by atoms with E-state index in [1.165, 1.54) is 16.8 Å². The fourth-order valence-electron chi connectivity index (χ4n) is 3.37. The summed E-state index contributed by atoms with van der Waals surface area (Å²) in [6.07, 6.45) is 1.72. The quantitative estimate of drug-likeness (QED) is 0.728. The van der Waals surface area contributed by atoms with Gasteiger partial charge in [0, 0.05) is 22.1 Å². The highest BCUT2D eigenvalue weighted by Crippen LogP contribution is 2.30. The first-order valence-corrected chi connectivity index (χ1v) is 9.88. The number of nitrogens with one attached hydrogen (secondary N) is 1. The highest BCUT2D eigenvalue weighted by molar-refractivity contribution is 8.26. The number of fused-ring (bicyclic) bond motifs is 1. The summed E-state index contributed by atoms with van der Waals surface area (Å²) in [5, 5.41) is 16.0. The number of nitrogens with zero attached hydrogens (tertiary/aromatic N) is 4. The third-order valence-electron chi connectivity index (χ3n) is 4.74. The normalized spacial score (nSPS) is 17.9. The van der Waals surface area contributed by atoms with Crippen LogP contribution in [0, 0.1) is 26.2 Å². The molecule has 0 saturated carbocycles. The van der Waals surface area contributed by atoms with Crippen molar-refractivity contribution in [2.75, 3.05) is 0 Å². The molecule has 1 aromatic carbocycles. The van der Waals surface area contributed by atoms with E-state index in [1.807, 2.05) is 52.0 Å². The number of amides is 1. The van der Waals surface area contributed by atoms with Crippen molar-refractivity contribution in [1.82, 2.24) is 9.58 Å². The monoisotopic (exact) mass is 411 g/mol. The molecule has 2 aliphatic heterocycles. The predicted octanol–water partition coefficient (Wildman–Crippen LogP) is 4.70. The molecule has 4 rings (SSSR count). The van der Waals surface area contributed by atoms with Crippen LogP contribution >= 0.6 is 23.4 Å². The van der Waals surface area contributed by atoms with E-state index >= 15 is 0 Å². The Bertz CT molecular complexity index is 1140. The Morgan fingerprint density at radius 3 is 2.68 bits per heavy atom. The van der Waals surface area contributed by atoms with Crippen LogP contribution in [-0.4, -0.2) is 31.5 Å². The van der Waals surface area contributed by atoms with Gasteiger partial charge in [0.2, 0.25) is 5.17 Å². The Morgan fingerprint density at radius 2 is 1.93 bits per heavy atom. The molecule has 0 saturated heterocycles. The molecule has 142 valence electrons. The first kappa shape index (κ1) is 18.7. The number of aryl methyl sites for hydroxylation is 2. The topological polar surface area (TPSA) is 73.8 Å². The van der Waals surface area contributed by atoms with Crippen molar-refractivity contribution in [1.29, 1.82) is 5.41 Å². The molecule has 3 heterocycles. The molecule has 1 N–H and O–H groups in total. The smallest absolute Gasteiger partial charge is 0.283 e. The number of aliphatic imine (C=N–C) groups is 1. The summed E-state index contributed by atoms with van der Waals surface area (Å²) in [7, 11) is 0. The molecule has 6 nitrogen and oxygen atoms in total. The lowest BCUT2D eigenvalue weighted by Gasteiger charge is -2.20. The predicted molar refractivity (Wildman–Crippen MR) is 116 cm³/mol. The molecule has 1 aromatic heterocycles. The van der Waals surface area contributed by atoms with Crippen LogP contribution in [0.4, 0.5) is 0 Å². The summed E-state index contributed by atoms with van der Waals surface area (Å²) in [5.41, 5.74) is 5.15. The van der Waals surface area contributed by atoms with E-state index in [0.29, 0.717) is 10.2 Å². The largest absolute Gasteiger partial charge is 0.318 e. The molecule has 1 amide bonds. The molecule has 0 atom stereocenters. The summed E-state index contributed by atoms with van der Waals surface area (Å²) in [4.78, 5) is 16.6. The minimum atomic E-state index is -0.419. The molecule has 0 aliphatic carbocycles. The van der Waals surface area contributed by atoms with Gasteiger partial charge in [-0.25, -0.2) is 0 Å². The van der Waals surface area contributed by atoms with Crippen molar-refractivity contribution in [2.45, 2.75) is 27.7 Å². The fraction of sp³-hybridized carbons (Fsp3) is 0.200. The van der Waals surface area contributed by atoms with E-state index in [1.54, 1.807) is 6.08 Å². The Balaban J connectivity index is 1.81. The molecule has 0 fully saturated rings. The zero-order valence-corrected chi connectivity index (χ0v) is 17.4. The van der Waals surface area contributed by atoms with Gasteiger partial charge in [-0.1, -0.05) is 17.7 Å². The highest BCUT2D eigenvalue weighted by atomic mass is 35.5. The number of hydrogen-bond acceptors (Lipinski definition) is 4. The lowest BCUT2D eigenvalue weighted by atomic mass is 10.1. The molecule has 2 aliphatic rings. The lowest BCUT2D eigenvalue weighted by molar-refractivity contribution is -0.114. The molecular formula is C20H18ClN5OS. The van der Waals surface area contributed by atoms with Gasteiger partial charge < -0.3 is 4.57 Å². The molecule has 0 radical (unpaired) electrons. The second-order valence-corrected chi connectivity index (χ2v) is 8.33. The summed E-state index contributed by atoms with van der Waals surface area (Å²) < 4.78 is 2.10. The van der Waals surface area contributed by atoms with Gasteiger partial charge in [0.1, 0.15) is 0 Å². The fourth-order valence-corrected chi connectivity index (χ4v) is 4.27. The van der Waals surface area contributed by atoms with Crippen LogP contribution in [0.25, 0.3) is 11.8 Å². The molecule has 0 spiro atoms. The maximum absolute atomic E-state index is 12.5. The maximum Gasteiger partial charge on any atom is 0.283 e. The summed E-state index contributed by atoms with van der Waals surface area (Å²) in [6.45, 7) is 7.85. The zero-order chi connectivity index (χ0) is 20.2. The van der Waals surface area contributed by atoms with Gasteiger partial charge in [-0.05, 0) is 74.9 Å². The molecule has 0 bridgehead atoms. The first-order chi connectivity index (χ1) is 13.3. The van der Waals surface area contributed by atoms with Crippen molar-refractivity contribution >= 4 is 51.4 Å². The van der Waals surface area contributed by atoms with Crippen LogP contribution in [0.15, 0.2) is 39.9 Å². The first-order valence-electron chi connectivity index (χ1n) is 8.68. The number of benzene rings is 1. The van der Waals surface area contributed by atoms with Gasteiger partial charge >= 0.3 is 0 Å². The van der Waals surface area contributed by atoms with E-state index in [4.69, 9.17) is 17.0 Å². The Labute approximate surface area is 172 Å². The van der Waals surface area contributed by atoms with Crippen LogP contribution < -0.4 is 0 Å². The average molecular weight is 412 g/mol. The van der Waals surface area contributed by atoms with E-state index in [9.17, 15) is 4.79 Å². The molecular weight excluding hydrogens is 394 g/mol. The number of rotatable bonds is 2. The standard InChI is InChI=1S/C20H18ClN5OS/c1-10-5-6-15(21)9-17(10)25-11(2)7-14(12(25)3)8-16-18(22)26-20(23-19(16)27)28-13(4)24-26/h5-9,22H,1-4H3. The minimum absolute atomic E-state index is 0.0445. The highest BCUT2D eigenvalue weighted by Gasteiger charge is 2.34. The lowest BCUT2D eigenvalue weighted by Crippen LogP contribution is -2.35. The molecule has 8 heteroatoms. The zero-order valence-electron chi connectivity index (χ0n) is 15.9. The summed E-state index contributed by atoms with van der Waals surface area (Å²) >= 11 is 7.50. The number of carbonyl (C=O) groups is 1. The van der Waals surface area contributed by atoms with Crippen LogP contribution in [-0.2, 0) is 4.79 Å². The van der Waals surface area contributed by atoms with Crippen molar-refractivity contribution < 1.29 is 4.79 Å². The number of thioether (sulfide) groups is 1. The second-order valence-electron chi connectivity index (χ2n) is 6.73. The SMILES string of the molecule is CC1=NN2C(=N)C(=Cc3cc(C)n(-c4cc(Cl)ccc4C)c3C)C(=O)N=C2S1. The van der Waals surface area contributed by atoms with Crippen LogP contribution in [0.1, 0.15) is 29.4 Å². The van der Waals surface area contributed by atoms with Crippen molar-refractivity contribution in [3.05, 3.63) is 57.4 Å². The van der Waals surface area contributed by atoms with E-state index < -0.39 is 5.91 Å². The number of amidine groups is 2. The Hall–Kier alpha value is -2.64. The average Bonchev–Trinajstić information content (AvgIpc) is 3.13. The van der Waals surface area contributed by atoms with Crippen LogP contribution in [0.5, 0.6) is 0 Å². The summed E-state index contributed by atoms with van der Waals surface area (Å²) in [5.74, 6) is -0.375. The van der Waals surface area contributed by atoms with Gasteiger partial charge in [-0.15, -0.1) is 0 Å². The number of hydrazone groups is 1. The third kappa shape index (κ3) is 3.00. The molecule has 28 heavy (non-hydrogen) atoms. The Kier molecular flexibility index (Phi) is 4.51. The second kappa shape index (κ2) is 6.76. The van der Waals surface area contributed by atoms with Crippen molar-refractivity contribution in [3.8, 4) is 5.69 Å². The van der Waals surface area contributed by atoms with E-state index in [0.717, 1.165) is 33.2 Å².